The molecule has 2 aromatic heterocycles. The highest BCUT2D eigenvalue weighted by atomic mass is 79.9. The zero-order valence-corrected chi connectivity index (χ0v) is 38.5. The summed E-state index contributed by atoms with van der Waals surface area (Å²) in [7, 11) is -1.50. The molecule has 2 aliphatic carbocycles. The van der Waals surface area contributed by atoms with E-state index < -0.39 is 7.12 Å². The molecule has 0 amide bonds. The number of nitrogens with zero attached hydrogens (tertiary/aromatic N) is 4. The summed E-state index contributed by atoms with van der Waals surface area (Å²) in [5.41, 5.74) is 17.7. The smallest absolute Gasteiger partial charge is 0.423 e. The Balaban J connectivity index is 0.000000146. The second-order valence-corrected chi connectivity index (χ2v) is 19.0. The third-order valence-electron chi connectivity index (χ3n) is 13.5. The molecule has 0 bridgehead atoms. The predicted octanol–water partition coefficient (Wildman–Crippen LogP) is 13.0. The number of benzene rings is 8. The van der Waals surface area contributed by atoms with Gasteiger partial charge in [0.05, 0.1) is 22.4 Å². The number of hydrogen-bond acceptors (Lipinski definition) is 6. The van der Waals surface area contributed by atoms with Crippen LogP contribution in [0.2, 0.25) is 0 Å². The fourth-order valence-corrected chi connectivity index (χ4v) is 10.5. The number of fused-ring (bicyclic) bond motifs is 8. The first-order valence-electron chi connectivity index (χ1n) is 22.2. The van der Waals surface area contributed by atoms with Crippen molar-refractivity contribution in [2.45, 2.75) is 38.5 Å². The van der Waals surface area contributed by atoms with E-state index in [9.17, 15) is 10.0 Å². The topological polar surface area (TPSA) is 92.0 Å². The molecule has 2 aliphatic rings. The minimum Gasteiger partial charge on any atom is -0.423 e. The summed E-state index contributed by atoms with van der Waals surface area (Å²) in [6.45, 7) is 8.94. The maximum atomic E-state index is 9.75. The van der Waals surface area contributed by atoms with Crippen LogP contribution >= 0.6 is 15.9 Å². The lowest BCUT2D eigenvalue weighted by atomic mass is 9.75. The van der Waals surface area contributed by atoms with Crippen LogP contribution < -0.4 is 5.46 Å². The van der Waals surface area contributed by atoms with Crippen LogP contribution in [0.15, 0.2) is 186 Å². The van der Waals surface area contributed by atoms with E-state index in [-0.39, 0.29) is 10.8 Å². The highest BCUT2D eigenvalue weighted by Crippen LogP contribution is 2.53. The Kier molecular flexibility index (Phi) is 10.2. The van der Waals surface area contributed by atoms with Gasteiger partial charge in [0.2, 0.25) is 0 Å². The average molecular weight is 920 g/mol. The maximum absolute atomic E-state index is 9.75. The van der Waals surface area contributed by atoms with Crippen molar-refractivity contribution in [3.05, 3.63) is 209 Å². The van der Waals surface area contributed by atoms with Gasteiger partial charge >= 0.3 is 7.12 Å². The lowest BCUT2D eigenvalue weighted by Gasteiger charge is -2.22. The van der Waals surface area contributed by atoms with Gasteiger partial charge in [-0.3, -0.25) is 0 Å². The van der Waals surface area contributed by atoms with Crippen molar-refractivity contribution < 1.29 is 10.0 Å². The van der Waals surface area contributed by atoms with E-state index in [1.165, 1.54) is 27.8 Å². The molecule has 12 rings (SSSR count). The first kappa shape index (κ1) is 41.6. The number of para-hydroxylation sites is 2. The molecule has 0 spiro atoms. The van der Waals surface area contributed by atoms with Crippen molar-refractivity contribution >= 4 is 50.3 Å². The van der Waals surface area contributed by atoms with Crippen LogP contribution in [0.25, 0.3) is 89.4 Å². The number of halogens is 1. The molecule has 318 valence electrons. The van der Waals surface area contributed by atoms with Crippen molar-refractivity contribution in [2.24, 2.45) is 0 Å². The minimum absolute atomic E-state index is 0.0798. The van der Waals surface area contributed by atoms with Crippen LogP contribution in [-0.4, -0.2) is 37.1 Å². The van der Waals surface area contributed by atoms with Crippen LogP contribution in [0.1, 0.15) is 49.9 Å². The molecule has 0 aliphatic heterocycles. The summed E-state index contributed by atoms with van der Waals surface area (Å²) in [5.74, 6) is 1.45. The van der Waals surface area contributed by atoms with Gasteiger partial charge in [-0.1, -0.05) is 201 Å². The zero-order chi connectivity index (χ0) is 45.3. The molecule has 66 heavy (non-hydrogen) atoms. The van der Waals surface area contributed by atoms with Crippen molar-refractivity contribution in [3.63, 3.8) is 0 Å². The standard InChI is InChI=1S/C29H23BN2O2.C29H21BrN2/c1-29(2)23-13-8-12-22(26(23)20-16-15-19(30(33)34)17-24(20)29)28-31-25-14-7-6-11-21(25)27(32-28)18-9-4-3-5-10-18;1-29(2)23-13-8-12-22(26(23)20-16-15-19(30)17-24(20)29)28-31-25-14-7-6-11-21(25)27(32-28)18-9-4-3-5-10-18/h3-17,33-34H,1-2H3;3-17H,1-2H3. The molecule has 0 fully saturated rings. The fraction of sp³-hybridized carbons (Fsp3) is 0.103. The lowest BCUT2D eigenvalue weighted by molar-refractivity contribution is 0.425. The molecule has 0 unspecified atom stereocenters. The Morgan fingerprint density at radius 1 is 0.409 bits per heavy atom. The predicted molar refractivity (Wildman–Crippen MR) is 273 cm³/mol. The second kappa shape index (κ2) is 16.1. The van der Waals surface area contributed by atoms with Gasteiger partial charge in [-0.15, -0.1) is 0 Å². The van der Waals surface area contributed by atoms with Crippen LogP contribution in [0.5, 0.6) is 0 Å². The third-order valence-corrected chi connectivity index (χ3v) is 14.0. The number of aromatic nitrogens is 4. The van der Waals surface area contributed by atoms with Gasteiger partial charge in [0, 0.05) is 48.3 Å². The van der Waals surface area contributed by atoms with E-state index >= 15 is 0 Å². The summed E-state index contributed by atoms with van der Waals surface area (Å²) in [6, 6.07) is 62.1. The molecule has 8 heteroatoms. The van der Waals surface area contributed by atoms with E-state index in [0.29, 0.717) is 11.3 Å². The van der Waals surface area contributed by atoms with Crippen molar-refractivity contribution in [1.82, 2.24) is 19.9 Å². The van der Waals surface area contributed by atoms with Gasteiger partial charge in [0.15, 0.2) is 11.6 Å². The molecular weight excluding hydrogens is 875 g/mol. The van der Waals surface area contributed by atoms with Gasteiger partial charge in [-0.25, -0.2) is 19.9 Å². The summed E-state index contributed by atoms with van der Waals surface area (Å²) in [4.78, 5) is 20.2. The summed E-state index contributed by atoms with van der Waals surface area (Å²) < 4.78 is 1.10. The Hall–Kier alpha value is -7.10. The Morgan fingerprint density at radius 3 is 1.33 bits per heavy atom. The van der Waals surface area contributed by atoms with Gasteiger partial charge in [-0.2, -0.15) is 0 Å². The van der Waals surface area contributed by atoms with Crippen molar-refractivity contribution in [1.29, 1.82) is 0 Å². The van der Waals surface area contributed by atoms with E-state index in [0.717, 1.165) is 82.4 Å². The van der Waals surface area contributed by atoms with Crippen molar-refractivity contribution in [3.8, 4) is 67.5 Å². The number of hydrogen-bond donors (Lipinski definition) is 2. The van der Waals surface area contributed by atoms with Crippen LogP contribution in [-0.2, 0) is 10.8 Å². The fourth-order valence-electron chi connectivity index (χ4n) is 10.1. The zero-order valence-electron chi connectivity index (χ0n) is 37.0. The second-order valence-electron chi connectivity index (χ2n) is 18.1. The number of rotatable bonds is 5. The normalized spacial score (nSPS) is 13.6. The molecule has 0 atom stereocenters. The highest BCUT2D eigenvalue weighted by Gasteiger charge is 2.39. The minimum atomic E-state index is -1.50. The van der Waals surface area contributed by atoms with Crippen molar-refractivity contribution in [2.75, 3.05) is 0 Å². The molecule has 2 N–H and O–H groups in total. The average Bonchev–Trinajstić information content (AvgIpc) is 3.72. The van der Waals surface area contributed by atoms with E-state index in [2.05, 4.69) is 159 Å². The first-order valence-corrected chi connectivity index (χ1v) is 23.0. The molecule has 8 aromatic carbocycles. The molecule has 0 saturated carbocycles. The van der Waals surface area contributed by atoms with Gasteiger partial charge in [0.1, 0.15) is 0 Å². The maximum Gasteiger partial charge on any atom is 0.488 e. The Morgan fingerprint density at radius 2 is 0.848 bits per heavy atom. The Bertz CT molecular complexity index is 3540. The quantitative estimate of drug-likeness (QED) is 0.167. The van der Waals surface area contributed by atoms with Crippen LogP contribution in [0.4, 0.5) is 0 Å². The molecule has 0 radical (unpaired) electrons. The van der Waals surface area contributed by atoms with E-state index in [1.54, 1.807) is 6.07 Å². The summed E-state index contributed by atoms with van der Waals surface area (Å²) >= 11 is 3.66. The first-order chi connectivity index (χ1) is 32.0. The molecule has 2 heterocycles. The molecule has 6 nitrogen and oxygen atoms in total. The van der Waals surface area contributed by atoms with Gasteiger partial charge < -0.3 is 10.0 Å². The van der Waals surface area contributed by atoms with Crippen LogP contribution in [0.3, 0.4) is 0 Å². The lowest BCUT2D eigenvalue weighted by Crippen LogP contribution is -2.31. The SMILES string of the molecule is CC1(C)c2cc(B(O)O)ccc2-c2c(-c3nc(-c4ccccc4)c4ccccc4n3)cccc21.CC1(C)c2cc(Br)ccc2-c2c(-c3nc(-c4ccccc4)c4ccccc4n3)cccc21. The molecule has 10 aromatic rings. The summed E-state index contributed by atoms with van der Waals surface area (Å²) in [5, 5.41) is 21.6. The Labute approximate surface area is 393 Å². The monoisotopic (exact) mass is 918 g/mol. The summed E-state index contributed by atoms with van der Waals surface area (Å²) in [6.07, 6.45) is 0. The van der Waals surface area contributed by atoms with Gasteiger partial charge in [-0.05, 0) is 74.2 Å². The third kappa shape index (κ3) is 6.87. The largest absolute Gasteiger partial charge is 0.488 e. The van der Waals surface area contributed by atoms with E-state index in [1.807, 2.05) is 60.7 Å². The molecule has 0 saturated heterocycles. The highest BCUT2D eigenvalue weighted by molar-refractivity contribution is 9.10. The van der Waals surface area contributed by atoms with Gasteiger partial charge in [0.25, 0.3) is 0 Å². The van der Waals surface area contributed by atoms with E-state index in [4.69, 9.17) is 19.9 Å². The molecular formula is C58H44BBrN4O2. The van der Waals surface area contributed by atoms with Crippen LogP contribution in [0, 0.1) is 0 Å².